The van der Waals surface area contributed by atoms with Crippen molar-refractivity contribution in [2.24, 2.45) is 5.73 Å². The van der Waals surface area contributed by atoms with Crippen LogP contribution in [0.25, 0.3) is 0 Å². The van der Waals surface area contributed by atoms with Crippen LogP contribution in [-0.2, 0) is 17.9 Å². The van der Waals surface area contributed by atoms with Crippen molar-refractivity contribution in [1.29, 1.82) is 0 Å². The van der Waals surface area contributed by atoms with Crippen LogP contribution in [0.1, 0.15) is 24.0 Å². The van der Waals surface area contributed by atoms with Crippen LogP contribution < -0.4 is 11.1 Å². The van der Waals surface area contributed by atoms with Crippen LogP contribution in [-0.4, -0.2) is 30.4 Å². The average Bonchev–Trinajstić information content (AvgIpc) is 3.15. The van der Waals surface area contributed by atoms with Crippen LogP contribution in [0.2, 0.25) is 0 Å². The maximum Gasteiger partial charge on any atom is 0.234 e. The van der Waals surface area contributed by atoms with Crippen molar-refractivity contribution in [2.45, 2.75) is 32.0 Å². The van der Waals surface area contributed by atoms with Crippen LogP contribution in [0.15, 0.2) is 18.2 Å². The molecular weight excluding hydrogens is 245 g/mol. The lowest BCUT2D eigenvalue weighted by molar-refractivity contribution is -0.122. The molecule has 0 atom stereocenters. The Bertz CT molecular complexity index is 460. The van der Waals surface area contributed by atoms with Gasteiger partial charge in [0.15, 0.2) is 0 Å². The third-order valence-corrected chi connectivity index (χ3v) is 3.17. The molecule has 1 aromatic rings. The number of hydrogen-bond acceptors (Lipinski definition) is 3. The lowest BCUT2D eigenvalue weighted by Gasteiger charge is -2.17. The van der Waals surface area contributed by atoms with E-state index in [0.717, 1.165) is 12.8 Å². The predicted octanol–water partition coefficient (Wildman–Crippen LogP) is 0.995. The summed E-state index contributed by atoms with van der Waals surface area (Å²) in [6, 6.07) is 5.56. The highest BCUT2D eigenvalue weighted by molar-refractivity contribution is 5.78. The Morgan fingerprint density at radius 2 is 2.16 bits per heavy atom. The fraction of sp³-hybridized carbons (Fsp3) is 0.500. The minimum absolute atomic E-state index is 0.000359. The van der Waals surface area contributed by atoms with E-state index in [2.05, 4.69) is 5.32 Å². The molecule has 3 N–H and O–H groups in total. The molecule has 2 rings (SSSR count). The Morgan fingerprint density at radius 3 is 2.79 bits per heavy atom. The number of nitrogens with zero attached hydrogens (tertiary/aromatic N) is 1. The Morgan fingerprint density at radius 1 is 1.47 bits per heavy atom. The molecule has 1 fully saturated rings. The van der Waals surface area contributed by atoms with Crippen LogP contribution in [0.5, 0.6) is 0 Å². The molecule has 4 nitrogen and oxygen atoms in total. The Kier molecular flexibility index (Phi) is 4.50. The largest absolute Gasteiger partial charge is 0.352 e. The van der Waals surface area contributed by atoms with Crippen LogP contribution in [0, 0.1) is 5.82 Å². The summed E-state index contributed by atoms with van der Waals surface area (Å²) >= 11 is 0. The fourth-order valence-corrected chi connectivity index (χ4v) is 2.01. The van der Waals surface area contributed by atoms with Crippen molar-refractivity contribution in [3.63, 3.8) is 0 Å². The van der Waals surface area contributed by atoms with Crippen LogP contribution in [0.3, 0.4) is 0 Å². The number of nitrogens with one attached hydrogen (secondary N) is 1. The number of benzene rings is 1. The second kappa shape index (κ2) is 6.12. The number of amides is 1. The third-order valence-electron chi connectivity index (χ3n) is 3.17. The molecule has 0 heterocycles. The first-order chi connectivity index (χ1) is 9.10. The molecule has 1 aliphatic rings. The van der Waals surface area contributed by atoms with Crippen molar-refractivity contribution in [3.8, 4) is 0 Å². The number of carbonyl (C=O) groups is 1. The van der Waals surface area contributed by atoms with E-state index in [0.29, 0.717) is 23.7 Å². The molecule has 104 valence electrons. The maximum absolute atomic E-state index is 14.0. The van der Waals surface area contributed by atoms with Crippen LogP contribution in [0.4, 0.5) is 4.39 Å². The van der Waals surface area contributed by atoms with Crippen molar-refractivity contribution in [3.05, 3.63) is 35.1 Å². The summed E-state index contributed by atoms with van der Waals surface area (Å²) in [5.41, 5.74) is 6.56. The SMILES string of the molecule is CN(CC(=O)NC1CC1)Cc1cccc(CN)c1F. The van der Waals surface area contributed by atoms with Gasteiger partial charge in [-0.2, -0.15) is 0 Å². The Balaban J connectivity index is 1.90. The molecule has 0 saturated heterocycles. The maximum atomic E-state index is 14.0. The van der Waals surface area contributed by atoms with Gasteiger partial charge in [-0.3, -0.25) is 9.69 Å². The number of rotatable bonds is 6. The highest BCUT2D eigenvalue weighted by atomic mass is 19.1. The zero-order valence-corrected chi connectivity index (χ0v) is 11.2. The minimum Gasteiger partial charge on any atom is -0.352 e. The van der Waals surface area contributed by atoms with E-state index < -0.39 is 0 Å². The monoisotopic (exact) mass is 265 g/mol. The van der Waals surface area contributed by atoms with E-state index in [-0.39, 0.29) is 24.8 Å². The minimum atomic E-state index is -0.264. The topological polar surface area (TPSA) is 58.4 Å². The van der Waals surface area contributed by atoms with Gasteiger partial charge in [-0.1, -0.05) is 18.2 Å². The van der Waals surface area contributed by atoms with E-state index >= 15 is 0 Å². The van der Waals surface area contributed by atoms with Gasteiger partial charge in [-0.15, -0.1) is 0 Å². The van der Waals surface area contributed by atoms with E-state index in [9.17, 15) is 9.18 Å². The number of halogens is 1. The predicted molar refractivity (Wildman–Crippen MR) is 71.8 cm³/mol. The summed E-state index contributed by atoms with van der Waals surface area (Å²) in [5.74, 6) is -0.264. The molecule has 1 aliphatic carbocycles. The number of hydrogen-bond donors (Lipinski definition) is 2. The smallest absolute Gasteiger partial charge is 0.234 e. The summed E-state index contributed by atoms with van der Waals surface area (Å²) < 4.78 is 14.0. The van der Waals surface area contributed by atoms with Gasteiger partial charge >= 0.3 is 0 Å². The van der Waals surface area contributed by atoms with E-state index in [1.54, 1.807) is 30.1 Å². The number of nitrogens with two attached hydrogens (primary N) is 1. The number of carbonyl (C=O) groups excluding carboxylic acids is 1. The molecule has 0 aromatic heterocycles. The van der Waals surface area contributed by atoms with Gasteiger partial charge in [0.05, 0.1) is 6.54 Å². The van der Waals surface area contributed by atoms with Gasteiger partial charge in [0, 0.05) is 30.3 Å². The molecule has 1 saturated carbocycles. The van der Waals surface area contributed by atoms with Gasteiger partial charge in [0.2, 0.25) is 5.91 Å². The van der Waals surface area contributed by atoms with Gasteiger partial charge < -0.3 is 11.1 Å². The Labute approximate surface area is 112 Å². The second-order valence-corrected chi connectivity index (χ2v) is 5.11. The highest BCUT2D eigenvalue weighted by Gasteiger charge is 2.23. The first-order valence-electron chi connectivity index (χ1n) is 6.54. The lowest BCUT2D eigenvalue weighted by atomic mass is 10.1. The first-order valence-corrected chi connectivity index (χ1v) is 6.54. The normalized spacial score (nSPS) is 14.7. The molecule has 1 aromatic carbocycles. The van der Waals surface area contributed by atoms with Crippen molar-refractivity contribution in [2.75, 3.05) is 13.6 Å². The molecule has 0 spiro atoms. The molecule has 0 unspecified atom stereocenters. The van der Waals surface area contributed by atoms with Gasteiger partial charge in [0.1, 0.15) is 5.82 Å². The fourth-order valence-electron chi connectivity index (χ4n) is 2.01. The quantitative estimate of drug-likeness (QED) is 0.806. The Hall–Kier alpha value is -1.46. The van der Waals surface area contributed by atoms with Crippen molar-refractivity contribution >= 4 is 5.91 Å². The van der Waals surface area contributed by atoms with Gasteiger partial charge in [0.25, 0.3) is 0 Å². The van der Waals surface area contributed by atoms with Gasteiger partial charge in [-0.25, -0.2) is 4.39 Å². The summed E-state index contributed by atoms with van der Waals surface area (Å²) in [6.07, 6.45) is 2.14. The molecule has 0 bridgehead atoms. The molecule has 19 heavy (non-hydrogen) atoms. The summed E-state index contributed by atoms with van der Waals surface area (Å²) in [7, 11) is 1.81. The first kappa shape index (κ1) is 14.0. The summed E-state index contributed by atoms with van der Waals surface area (Å²) in [5, 5.41) is 2.91. The zero-order chi connectivity index (χ0) is 13.8. The zero-order valence-electron chi connectivity index (χ0n) is 11.2. The van der Waals surface area contributed by atoms with Crippen molar-refractivity contribution < 1.29 is 9.18 Å². The summed E-state index contributed by atoms with van der Waals surface area (Å²) in [6.45, 7) is 0.867. The number of likely N-dealkylation sites (N-methyl/N-ethyl adjacent to an activating group) is 1. The van der Waals surface area contributed by atoms with Gasteiger partial charge in [-0.05, 0) is 19.9 Å². The van der Waals surface area contributed by atoms with E-state index in [4.69, 9.17) is 5.73 Å². The van der Waals surface area contributed by atoms with E-state index in [1.165, 1.54) is 0 Å². The van der Waals surface area contributed by atoms with Crippen molar-refractivity contribution in [1.82, 2.24) is 10.2 Å². The summed E-state index contributed by atoms with van der Waals surface area (Å²) in [4.78, 5) is 13.4. The highest BCUT2D eigenvalue weighted by Crippen LogP contribution is 2.18. The standard InChI is InChI=1S/C14H20FN3O/c1-18(9-13(19)17-12-5-6-12)8-11-4-2-3-10(7-16)14(11)15/h2-4,12H,5-9,16H2,1H3,(H,17,19). The van der Waals surface area contributed by atoms with E-state index in [1.807, 2.05) is 0 Å². The molecule has 0 radical (unpaired) electrons. The average molecular weight is 265 g/mol. The molecule has 0 aliphatic heterocycles. The lowest BCUT2D eigenvalue weighted by Crippen LogP contribution is -2.36. The second-order valence-electron chi connectivity index (χ2n) is 5.11. The van der Waals surface area contributed by atoms with Crippen LogP contribution >= 0.6 is 0 Å². The molecule has 5 heteroatoms. The molecule has 1 amide bonds. The third kappa shape index (κ3) is 4.01. The molecular formula is C14H20FN3O.